The van der Waals surface area contributed by atoms with Crippen LogP contribution in [0.5, 0.6) is 0 Å². The van der Waals surface area contributed by atoms with Crippen molar-refractivity contribution in [3.05, 3.63) is 52.5 Å². The van der Waals surface area contributed by atoms with Gasteiger partial charge in [0.25, 0.3) is 0 Å². The van der Waals surface area contributed by atoms with E-state index < -0.39 is 0 Å². The van der Waals surface area contributed by atoms with Crippen LogP contribution in [0.4, 0.5) is 0 Å². The number of carbonyl (C=O) groups excluding carboxylic acids is 1. The molecular formula is C18H21N3OS. The number of H-pyrrole nitrogens is 1. The number of thiophene rings is 1. The Labute approximate surface area is 140 Å². The summed E-state index contributed by atoms with van der Waals surface area (Å²) in [4.78, 5) is 21.0. The Balaban J connectivity index is 1.32. The van der Waals surface area contributed by atoms with E-state index >= 15 is 0 Å². The second kappa shape index (κ2) is 7.92. The molecule has 4 nitrogen and oxygen atoms in total. The van der Waals surface area contributed by atoms with Crippen LogP contribution in [0.1, 0.15) is 30.0 Å². The second-order valence-corrected chi connectivity index (χ2v) is 6.62. The fourth-order valence-corrected chi connectivity index (χ4v) is 3.33. The van der Waals surface area contributed by atoms with E-state index in [-0.39, 0.29) is 5.91 Å². The molecule has 120 valence electrons. The number of hydrogen-bond donors (Lipinski definition) is 2. The summed E-state index contributed by atoms with van der Waals surface area (Å²) in [5.74, 6) is 1.13. The van der Waals surface area contributed by atoms with Gasteiger partial charge in [0.1, 0.15) is 5.82 Å². The highest BCUT2D eigenvalue weighted by molar-refractivity contribution is 7.09. The van der Waals surface area contributed by atoms with Gasteiger partial charge in [-0.25, -0.2) is 4.98 Å². The fraction of sp³-hybridized carbons (Fsp3) is 0.333. The van der Waals surface area contributed by atoms with Gasteiger partial charge in [-0.3, -0.25) is 4.79 Å². The van der Waals surface area contributed by atoms with Gasteiger partial charge in [-0.2, -0.15) is 0 Å². The van der Waals surface area contributed by atoms with Crippen LogP contribution in [0.25, 0.3) is 11.0 Å². The highest BCUT2D eigenvalue weighted by Gasteiger charge is 2.04. The predicted molar refractivity (Wildman–Crippen MR) is 94.7 cm³/mol. The summed E-state index contributed by atoms with van der Waals surface area (Å²) in [5, 5.41) is 5.07. The van der Waals surface area contributed by atoms with Gasteiger partial charge in [0.15, 0.2) is 0 Å². The third-order valence-electron chi connectivity index (χ3n) is 3.76. The molecule has 3 rings (SSSR count). The van der Waals surface area contributed by atoms with Gasteiger partial charge in [0, 0.05) is 24.3 Å². The van der Waals surface area contributed by atoms with Crippen molar-refractivity contribution < 1.29 is 4.79 Å². The maximum atomic E-state index is 11.8. The Morgan fingerprint density at radius 1 is 1.13 bits per heavy atom. The Bertz CT molecular complexity index is 716. The molecule has 23 heavy (non-hydrogen) atoms. The Hall–Kier alpha value is -2.14. The van der Waals surface area contributed by atoms with E-state index in [2.05, 4.69) is 32.8 Å². The first-order chi connectivity index (χ1) is 11.3. The van der Waals surface area contributed by atoms with Crippen LogP contribution < -0.4 is 5.32 Å². The molecule has 0 fully saturated rings. The van der Waals surface area contributed by atoms with Crippen molar-refractivity contribution in [2.75, 3.05) is 6.54 Å². The number of benzene rings is 1. The van der Waals surface area contributed by atoms with Crippen molar-refractivity contribution in [3.8, 4) is 0 Å². The standard InChI is InChI=1S/C18H21N3OS/c22-18(11-3-6-14-7-5-13-23-14)19-12-4-10-17-20-15-8-1-2-9-16(15)21-17/h1-2,5,7-9,13H,3-4,6,10-12H2,(H,19,22)(H,20,21). The number of carbonyl (C=O) groups is 1. The van der Waals surface area contributed by atoms with Crippen LogP contribution in [0.15, 0.2) is 41.8 Å². The zero-order valence-corrected chi connectivity index (χ0v) is 13.9. The summed E-state index contributed by atoms with van der Waals surface area (Å²) in [6.07, 6.45) is 4.25. The van der Waals surface area contributed by atoms with E-state index in [1.807, 2.05) is 24.3 Å². The summed E-state index contributed by atoms with van der Waals surface area (Å²) < 4.78 is 0. The van der Waals surface area contributed by atoms with Crippen LogP contribution in [0.3, 0.4) is 0 Å². The molecule has 0 aliphatic rings. The normalized spacial score (nSPS) is 11.0. The molecule has 2 aromatic heterocycles. The summed E-state index contributed by atoms with van der Waals surface area (Å²) in [5.41, 5.74) is 2.07. The largest absolute Gasteiger partial charge is 0.356 e. The number of aromatic amines is 1. The Morgan fingerprint density at radius 2 is 2.04 bits per heavy atom. The van der Waals surface area contributed by atoms with E-state index in [0.717, 1.165) is 42.5 Å². The number of hydrogen-bond acceptors (Lipinski definition) is 3. The smallest absolute Gasteiger partial charge is 0.220 e. The molecule has 0 saturated carbocycles. The molecular weight excluding hydrogens is 306 g/mol. The molecule has 0 radical (unpaired) electrons. The number of imidazole rings is 1. The number of amides is 1. The van der Waals surface area contributed by atoms with Gasteiger partial charge in [0.05, 0.1) is 11.0 Å². The molecule has 0 aliphatic heterocycles. The third kappa shape index (κ3) is 4.66. The first-order valence-electron chi connectivity index (χ1n) is 8.04. The second-order valence-electron chi connectivity index (χ2n) is 5.59. The lowest BCUT2D eigenvalue weighted by Crippen LogP contribution is -2.24. The van der Waals surface area contributed by atoms with Crippen LogP contribution in [0.2, 0.25) is 0 Å². The number of nitrogens with one attached hydrogen (secondary N) is 2. The first kappa shape index (κ1) is 15.7. The zero-order chi connectivity index (χ0) is 15.9. The molecule has 0 spiro atoms. The minimum Gasteiger partial charge on any atom is -0.356 e. The predicted octanol–water partition coefficient (Wildman–Crippen LogP) is 3.70. The average molecular weight is 327 g/mol. The quantitative estimate of drug-likeness (QED) is 0.620. The molecule has 0 saturated heterocycles. The number of aryl methyl sites for hydroxylation is 2. The lowest BCUT2D eigenvalue weighted by atomic mass is 10.2. The van der Waals surface area contributed by atoms with Crippen molar-refractivity contribution in [1.82, 2.24) is 15.3 Å². The van der Waals surface area contributed by atoms with Crippen LogP contribution in [-0.4, -0.2) is 22.4 Å². The third-order valence-corrected chi connectivity index (χ3v) is 4.69. The van der Waals surface area contributed by atoms with Gasteiger partial charge in [-0.15, -0.1) is 11.3 Å². The Morgan fingerprint density at radius 3 is 2.87 bits per heavy atom. The van der Waals surface area contributed by atoms with Crippen molar-refractivity contribution in [2.24, 2.45) is 0 Å². The number of aromatic nitrogens is 2. The van der Waals surface area contributed by atoms with Crippen molar-refractivity contribution in [3.63, 3.8) is 0 Å². The monoisotopic (exact) mass is 327 g/mol. The van der Waals surface area contributed by atoms with E-state index in [1.165, 1.54) is 4.88 Å². The van der Waals surface area contributed by atoms with E-state index in [0.29, 0.717) is 13.0 Å². The molecule has 1 amide bonds. The molecule has 3 aromatic rings. The molecule has 5 heteroatoms. The highest BCUT2D eigenvalue weighted by atomic mass is 32.1. The number of para-hydroxylation sites is 2. The maximum Gasteiger partial charge on any atom is 0.220 e. The van der Waals surface area contributed by atoms with Crippen LogP contribution >= 0.6 is 11.3 Å². The number of rotatable bonds is 8. The zero-order valence-electron chi connectivity index (χ0n) is 13.0. The average Bonchev–Trinajstić information content (AvgIpc) is 3.20. The van der Waals surface area contributed by atoms with Gasteiger partial charge in [0.2, 0.25) is 5.91 Å². The number of nitrogens with zero attached hydrogens (tertiary/aromatic N) is 1. The minimum absolute atomic E-state index is 0.145. The van der Waals surface area contributed by atoms with Crippen molar-refractivity contribution in [1.29, 1.82) is 0 Å². The Kier molecular flexibility index (Phi) is 5.42. The molecule has 0 unspecified atom stereocenters. The van der Waals surface area contributed by atoms with Gasteiger partial charge < -0.3 is 10.3 Å². The fourth-order valence-electron chi connectivity index (χ4n) is 2.57. The van der Waals surface area contributed by atoms with Crippen molar-refractivity contribution >= 4 is 28.3 Å². The summed E-state index contributed by atoms with van der Waals surface area (Å²) >= 11 is 1.75. The molecule has 0 atom stereocenters. The lowest BCUT2D eigenvalue weighted by molar-refractivity contribution is -0.121. The summed E-state index contributed by atoms with van der Waals surface area (Å²) in [6, 6.07) is 12.2. The topological polar surface area (TPSA) is 57.8 Å². The minimum atomic E-state index is 0.145. The first-order valence-corrected chi connectivity index (χ1v) is 8.92. The van der Waals surface area contributed by atoms with Crippen molar-refractivity contribution in [2.45, 2.75) is 32.1 Å². The summed E-state index contributed by atoms with van der Waals surface area (Å²) in [7, 11) is 0. The lowest BCUT2D eigenvalue weighted by Gasteiger charge is -2.04. The van der Waals surface area contributed by atoms with Crippen LogP contribution in [0, 0.1) is 0 Å². The van der Waals surface area contributed by atoms with Crippen LogP contribution in [-0.2, 0) is 17.6 Å². The van der Waals surface area contributed by atoms with E-state index in [9.17, 15) is 4.79 Å². The molecule has 0 aliphatic carbocycles. The van der Waals surface area contributed by atoms with E-state index in [1.54, 1.807) is 11.3 Å². The molecule has 2 N–H and O–H groups in total. The summed E-state index contributed by atoms with van der Waals surface area (Å²) in [6.45, 7) is 0.703. The van der Waals surface area contributed by atoms with Gasteiger partial charge in [-0.1, -0.05) is 18.2 Å². The highest BCUT2D eigenvalue weighted by Crippen LogP contribution is 2.12. The number of fused-ring (bicyclic) bond motifs is 1. The van der Waals surface area contributed by atoms with Gasteiger partial charge in [-0.05, 0) is 42.8 Å². The maximum absolute atomic E-state index is 11.8. The van der Waals surface area contributed by atoms with E-state index in [4.69, 9.17) is 0 Å². The van der Waals surface area contributed by atoms with Gasteiger partial charge >= 0.3 is 0 Å². The molecule has 0 bridgehead atoms. The SMILES string of the molecule is O=C(CCCc1cccs1)NCCCc1nc2ccccc2[nH]1. The molecule has 1 aromatic carbocycles. The molecule has 2 heterocycles.